The van der Waals surface area contributed by atoms with Crippen molar-refractivity contribution in [3.8, 4) is 28.3 Å². The smallest absolute Gasteiger partial charge is 0.252 e. The lowest BCUT2D eigenvalue weighted by Gasteiger charge is -2.44. The molecule has 2 aliphatic heterocycles. The molecular weight excluding hydrogens is 729 g/mol. The van der Waals surface area contributed by atoms with E-state index >= 15 is 0 Å². The second-order valence-electron chi connectivity index (χ2n) is 15.9. The van der Waals surface area contributed by atoms with Crippen molar-refractivity contribution in [1.29, 1.82) is 0 Å². The number of imidazole rings is 1. The monoisotopic (exact) mass is 767 g/mol. The fraction of sp³-hybridized carbons (Fsp3) is 0.0370. The molecule has 0 bridgehead atoms. The van der Waals surface area contributed by atoms with Gasteiger partial charge in [0.15, 0.2) is 0 Å². The normalized spacial score (nSPS) is 12.7. The maximum atomic E-state index is 5.40. The number of aryl methyl sites for hydroxylation is 2. The van der Waals surface area contributed by atoms with Gasteiger partial charge in [0.05, 0.1) is 22.4 Å². The summed E-state index contributed by atoms with van der Waals surface area (Å²) in [5.41, 5.74) is 19.4. The van der Waals surface area contributed by atoms with E-state index in [9.17, 15) is 0 Å². The van der Waals surface area contributed by atoms with Gasteiger partial charge >= 0.3 is 0 Å². The number of fused-ring (bicyclic) bond motifs is 6. The van der Waals surface area contributed by atoms with Crippen LogP contribution in [0.3, 0.4) is 0 Å². The standard InChI is InChI=1S/C54H38BN5/c1-35-15-13-16-36(2)53(35)60-49-24-12-11-23-45(49)57-54(60)39-28-30-48-44(32-39)55-43-31-38(46-33-37-17-9-10-18-40(37)34-56-46)27-29-47(43)58(41-19-5-3-6-20-41)50-25-14-26-51(52(50)55)59(48)42-21-7-4-8-22-42/h3-34H,1-2H3. The van der Waals surface area contributed by atoms with Gasteiger partial charge in [-0.25, -0.2) is 4.98 Å². The SMILES string of the molecule is Cc1cccc(C)c1-n1c(-c2ccc3c(c2)B2c4cc(-c5cc6ccccc6cn5)ccc4N(c4ccccc4)c4cccc(c42)N3c2ccccc2)nc2ccccc21. The van der Waals surface area contributed by atoms with Crippen LogP contribution in [0.4, 0.5) is 34.1 Å². The van der Waals surface area contributed by atoms with Crippen molar-refractivity contribution in [2.24, 2.45) is 0 Å². The number of nitrogens with zero attached hydrogens (tertiary/aromatic N) is 5. The zero-order valence-corrected chi connectivity index (χ0v) is 33.3. The highest BCUT2D eigenvalue weighted by molar-refractivity contribution is 7.00. The fourth-order valence-electron chi connectivity index (χ4n) is 9.80. The van der Waals surface area contributed by atoms with Crippen LogP contribution in [0.2, 0.25) is 0 Å². The van der Waals surface area contributed by atoms with Crippen molar-refractivity contribution in [3.63, 3.8) is 0 Å². The first-order chi connectivity index (χ1) is 29.6. The molecule has 2 aromatic heterocycles. The Balaban J connectivity index is 1.15. The highest BCUT2D eigenvalue weighted by Gasteiger charge is 2.43. The first kappa shape index (κ1) is 34.4. The molecule has 60 heavy (non-hydrogen) atoms. The summed E-state index contributed by atoms with van der Waals surface area (Å²) in [6, 6.07) is 68.0. The van der Waals surface area contributed by atoms with Crippen LogP contribution in [0.15, 0.2) is 194 Å². The van der Waals surface area contributed by atoms with E-state index in [-0.39, 0.29) is 6.71 Å². The first-order valence-corrected chi connectivity index (χ1v) is 20.6. The molecule has 0 aliphatic carbocycles. The van der Waals surface area contributed by atoms with Crippen LogP contribution in [-0.4, -0.2) is 21.2 Å². The number of aromatic nitrogens is 3. The number of para-hydroxylation sites is 5. The minimum Gasteiger partial charge on any atom is -0.311 e. The van der Waals surface area contributed by atoms with Crippen LogP contribution in [0, 0.1) is 13.8 Å². The van der Waals surface area contributed by atoms with Crippen LogP contribution in [0.1, 0.15) is 11.1 Å². The van der Waals surface area contributed by atoms with Gasteiger partial charge in [0.1, 0.15) is 5.82 Å². The van der Waals surface area contributed by atoms with Gasteiger partial charge in [0.2, 0.25) is 0 Å². The number of anilines is 6. The van der Waals surface area contributed by atoms with Crippen molar-refractivity contribution >= 4 is 79.0 Å². The molecule has 0 spiro atoms. The van der Waals surface area contributed by atoms with Crippen LogP contribution >= 0.6 is 0 Å². The quantitative estimate of drug-likeness (QED) is 0.164. The summed E-state index contributed by atoms with van der Waals surface area (Å²) in [4.78, 5) is 15.3. The highest BCUT2D eigenvalue weighted by Crippen LogP contribution is 2.45. The lowest BCUT2D eigenvalue weighted by molar-refractivity contribution is 1.06. The van der Waals surface area contributed by atoms with Gasteiger partial charge in [-0.3, -0.25) is 9.55 Å². The number of rotatable bonds is 5. The van der Waals surface area contributed by atoms with Crippen LogP contribution in [0.25, 0.3) is 50.1 Å². The molecule has 0 atom stereocenters. The summed E-state index contributed by atoms with van der Waals surface area (Å²) in [5, 5.41) is 2.31. The van der Waals surface area contributed by atoms with Crippen molar-refractivity contribution in [2.45, 2.75) is 13.8 Å². The topological polar surface area (TPSA) is 37.2 Å². The first-order valence-electron chi connectivity index (χ1n) is 20.6. The molecule has 282 valence electrons. The molecule has 0 N–H and O–H groups in total. The molecule has 5 nitrogen and oxygen atoms in total. The number of hydrogen-bond acceptors (Lipinski definition) is 4. The van der Waals surface area contributed by atoms with E-state index in [0.717, 1.165) is 61.8 Å². The van der Waals surface area contributed by atoms with E-state index in [1.165, 1.54) is 50.0 Å². The average Bonchev–Trinajstić information content (AvgIpc) is 3.68. The Morgan fingerprint density at radius 3 is 1.72 bits per heavy atom. The molecule has 0 amide bonds. The molecule has 0 saturated carbocycles. The number of pyridine rings is 1. The largest absolute Gasteiger partial charge is 0.311 e. The van der Waals surface area contributed by atoms with E-state index in [2.05, 4.69) is 216 Å². The third kappa shape index (κ3) is 5.20. The molecule has 0 fully saturated rings. The van der Waals surface area contributed by atoms with Crippen molar-refractivity contribution in [2.75, 3.05) is 9.80 Å². The van der Waals surface area contributed by atoms with Crippen LogP contribution in [0.5, 0.6) is 0 Å². The molecule has 0 saturated heterocycles. The molecule has 2 aliphatic rings. The third-order valence-corrected chi connectivity index (χ3v) is 12.4. The predicted molar refractivity (Wildman–Crippen MR) is 251 cm³/mol. The third-order valence-electron chi connectivity index (χ3n) is 12.4. The minimum absolute atomic E-state index is 0.0838. The average molecular weight is 768 g/mol. The van der Waals surface area contributed by atoms with E-state index < -0.39 is 0 Å². The Morgan fingerprint density at radius 1 is 0.467 bits per heavy atom. The summed E-state index contributed by atoms with van der Waals surface area (Å²) >= 11 is 0. The van der Waals surface area contributed by atoms with Gasteiger partial charge in [0.25, 0.3) is 6.71 Å². The number of benzene rings is 8. The Labute approximate surface area is 349 Å². The van der Waals surface area contributed by atoms with Crippen molar-refractivity contribution in [3.05, 3.63) is 205 Å². The van der Waals surface area contributed by atoms with Crippen molar-refractivity contribution < 1.29 is 0 Å². The zero-order valence-electron chi connectivity index (χ0n) is 33.3. The second-order valence-corrected chi connectivity index (χ2v) is 15.9. The van der Waals surface area contributed by atoms with E-state index in [1.807, 2.05) is 6.20 Å². The van der Waals surface area contributed by atoms with Crippen LogP contribution < -0.4 is 26.2 Å². The summed E-state index contributed by atoms with van der Waals surface area (Å²) in [6.45, 7) is 4.31. The summed E-state index contributed by atoms with van der Waals surface area (Å²) in [6.07, 6.45) is 2.00. The molecule has 8 aromatic carbocycles. The zero-order chi connectivity index (χ0) is 39.9. The molecule has 0 radical (unpaired) electrons. The van der Waals surface area contributed by atoms with Gasteiger partial charge in [-0.15, -0.1) is 0 Å². The lowest BCUT2D eigenvalue weighted by atomic mass is 9.33. The molecular formula is C54H38BN5. The maximum Gasteiger partial charge on any atom is 0.252 e. The second kappa shape index (κ2) is 13.4. The van der Waals surface area contributed by atoms with Gasteiger partial charge in [-0.1, -0.05) is 115 Å². The molecule has 0 unspecified atom stereocenters. The minimum atomic E-state index is -0.0838. The number of hydrogen-bond donors (Lipinski definition) is 0. The van der Waals surface area contributed by atoms with Gasteiger partial charge in [-0.05, 0) is 125 Å². The van der Waals surface area contributed by atoms with E-state index in [1.54, 1.807) is 0 Å². The van der Waals surface area contributed by atoms with Crippen molar-refractivity contribution in [1.82, 2.24) is 14.5 Å². The molecule has 12 rings (SSSR count). The van der Waals surface area contributed by atoms with Gasteiger partial charge < -0.3 is 9.80 Å². The lowest BCUT2D eigenvalue weighted by Crippen LogP contribution is -2.61. The van der Waals surface area contributed by atoms with Crippen LogP contribution in [-0.2, 0) is 0 Å². The predicted octanol–water partition coefficient (Wildman–Crippen LogP) is 11.6. The molecule has 10 aromatic rings. The fourth-order valence-corrected chi connectivity index (χ4v) is 9.80. The summed E-state index contributed by atoms with van der Waals surface area (Å²) < 4.78 is 2.37. The Kier molecular flexibility index (Phi) is 7.69. The Hall–Kier alpha value is -7.70. The van der Waals surface area contributed by atoms with Gasteiger partial charge in [0, 0.05) is 51.3 Å². The highest BCUT2D eigenvalue weighted by atomic mass is 15.2. The Bertz CT molecular complexity index is 3290. The van der Waals surface area contributed by atoms with E-state index in [4.69, 9.17) is 9.97 Å². The molecule has 4 heterocycles. The van der Waals surface area contributed by atoms with E-state index in [0.29, 0.717) is 0 Å². The summed E-state index contributed by atoms with van der Waals surface area (Å²) in [7, 11) is 0. The molecule has 6 heteroatoms. The maximum absolute atomic E-state index is 5.40. The Morgan fingerprint density at radius 2 is 1.03 bits per heavy atom. The summed E-state index contributed by atoms with van der Waals surface area (Å²) in [5.74, 6) is 0.929. The van der Waals surface area contributed by atoms with Gasteiger partial charge in [-0.2, -0.15) is 0 Å².